The van der Waals surface area contributed by atoms with Crippen LogP contribution < -0.4 is 5.73 Å². The molecule has 0 saturated carbocycles. The maximum Gasteiger partial charge on any atom is 0.101 e. The van der Waals surface area contributed by atoms with E-state index in [1.807, 2.05) is 0 Å². The van der Waals surface area contributed by atoms with Gasteiger partial charge in [-0.15, -0.1) is 12.4 Å². The number of hydrogen-bond acceptors (Lipinski definition) is 1. The summed E-state index contributed by atoms with van der Waals surface area (Å²) < 4.78 is 0. The van der Waals surface area contributed by atoms with Gasteiger partial charge in [-0.3, -0.25) is 5.41 Å². The van der Waals surface area contributed by atoms with Crippen molar-refractivity contribution < 1.29 is 0 Å². The summed E-state index contributed by atoms with van der Waals surface area (Å²) in [6.07, 6.45) is 0. The van der Waals surface area contributed by atoms with Crippen LogP contribution in [0.2, 0.25) is 0 Å². The van der Waals surface area contributed by atoms with E-state index in [0.29, 0.717) is 5.33 Å². The molecule has 0 heterocycles. The van der Waals surface area contributed by atoms with Gasteiger partial charge in [0.15, 0.2) is 0 Å². The number of amidine groups is 1. The molecule has 4 heteroatoms. The average molecular weight is 173 g/mol. The fraction of sp³-hybridized carbons (Fsp3) is 0.500. The van der Waals surface area contributed by atoms with Crippen LogP contribution in [0, 0.1) is 5.41 Å². The van der Waals surface area contributed by atoms with E-state index in [4.69, 9.17) is 11.1 Å². The van der Waals surface area contributed by atoms with E-state index >= 15 is 0 Å². The number of halogens is 2. The Kier molecular flexibility index (Phi) is 8.32. The van der Waals surface area contributed by atoms with Crippen LogP contribution in [0.4, 0.5) is 0 Å². The Morgan fingerprint density at radius 1 is 1.83 bits per heavy atom. The molecule has 0 spiro atoms. The van der Waals surface area contributed by atoms with Gasteiger partial charge in [0.25, 0.3) is 0 Å². The summed E-state index contributed by atoms with van der Waals surface area (Å²) in [7, 11) is 0. The van der Waals surface area contributed by atoms with Crippen LogP contribution in [-0.4, -0.2) is 11.2 Å². The Bertz CT molecular complexity index is 46.8. The second-order valence-corrected chi connectivity index (χ2v) is 1.22. The van der Waals surface area contributed by atoms with Crippen LogP contribution in [0.5, 0.6) is 0 Å². The molecule has 0 aliphatic carbocycles. The molecule has 2 nitrogen and oxygen atoms in total. The summed E-state index contributed by atoms with van der Waals surface area (Å²) in [4.78, 5) is 0. The second kappa shape index (κ2) is 5.24. The maximum atomic E-state index is 6.47. The lowest BCUT2D eigenvalue weighted by atomic mass is 10.7. The molecule has 0 aromatic heterocycles. The molecule has 0 fully saturated rings. The van der Waals surface area contributed by atoms with Crippen LogP contribution in [-0.2, 0) is 0 Å². The predicted molar refractivity (Wildman–Crippen MR) is 33.0 cm³/mol. The van der Waals surface area contributed by atoms with Gasteiger partial charge in [0.1, 0.15) is 5.84 Å². The highest BCUT2D eigenvalue weighted by atomic mass is 79.9. The van der Waals surface area contributed by atoms with E-state index in [0.717, 1.165) is 0 Å². The summed E-state index contributed by atoms with van der Waals surface area (Å²) in [5.41, 5.74) is 4.83. The first-order valence-corrected chi connectivity index (χ1v) is 2.28. The summed E-state index contributed by atoms with van der Waals surface area (Å²) in [6.45, 7) is 0. The third kappa shape index (κ3) is 8.87. The molecule has 0 aliphatic rings. The molecule has 0 aromatic rings. The van der Waals surface area contributed by atoms with Crippen molar-refractivity contribution in [2.75, 3.05) is 5.33 Å². The Balaban J connectivity index is 0. The zero-order chi connectivity index (χ0) is 4.28. The van der Waals surface area contributed by atoms with Crippen LogP contribution >= 0.6 is 28.3 Å². The zero-order valence-electron chi connectivity index (χ0n) is 3.07. The van der Waals surface area contributed by atoms with E-state index < -0.39 is 0 Å². The Labute approximate surface area is 51.2 Å². The fourth-order valence-corrected chi connectivity index (χ4v) is 0. The molecular weight excluding hydrogens is 167 g/mol. The first-order chi connectivity index (χ1) is 2.27. The average Bonchev–Trinajstić information content (AvgIpc) is 1.38. The van der Waals surface area contributed by atoms with E-state index in [1.54, 1.807) is 0 Å². The van der Waals surface area contributed by atoms with Crippen molar-refractivity contribution in [1.29, 1.82) is 5.41 Å². The summed E-state index contributed by atoms with van der Waals surface area (Å²) in [6, 6.07) is 0. The molecule has 0 atom stereocenters. The van der Waals surface area contributed by atoms with Crippen molar-refractivity contribution in [2.24, 2.45) is 5.73 Å². The number of alkyl halides is 1. The highest BCUT2D eigenvalue weighted by Gasteiger charge is 1.73. The first kappa shape index (κ1) is 9.53. The minimum Gasteiger partial charge on any atom is -0.387 e. The summed E-state index contributed by atoms with van der Waals surface area (Å²) >= 11 is 2.96. The molecule has 38 valence electrons. The van der Waals surface area contributed by atoms with Gasteiger partial charge in [0, 0.05) is 0 Å². The van der Waals surface area contributed by atoms with Crippen LogP contribution in [0.25, 0.3) is 0 Å². The van der Waals surface area contributed by atoms with E-state index in [2.05, 4.69) is 15.9 Å². The van der Waals surface area contributed by atoms with Gasteiger partial charge < -0.3 is 5.73 Å². The van der Waals surface area contributed by atoms with Crippen molar-refractivity contribution in [3.8, 4) is 0 Å². The third-order valence-corrected chi connectivity index (χ3v) is 0.748. The molecule has 0 aliphatic heterocycles. The Morgan fingerprint density at radius 3 is 2.00 bits per heavy atom. The normalized spacial score (nSPS) is 6.17. The van der Waals surface area contributed by atoms with Gasteiger partial charge in [-0.2, -0.15) is 0 Å². The number of hydrogen-bond donors (Lipinski definition) is 2. The van der Waals surface area contributed by atoms with Gasteiger partial charge >= 0.3 is 0 Å². The lowest BCUT2D eigenvalue weighted by Gasteiger charge is -1.77. The molecule has 0 rings (SSSR count). The number of nitrogens with one attached hydrogen (secondary N) is 1. The third-order valence-electron chi connectivity index (χ3n) is 0.144. The largest absolute Gasteiger partial charge is 0.387 e. The smallest absolute Gasteiger partial charge is 0.101 e. The van der Waals surface area contributed by atoms with Crippen LogP contribution in [0.1, 0.15) is 0 Å². The SMILES string of the molecule is Cl.N=C(N)CBr. The summed E-state index contributed by atoms with van der Waals surface area (Å²) in [5, 5.41) is 6.95. The van der Waals surface area contributed by atoms with Crippen molar-refractivity contribution >= 4 is 34.2 Å². The molecule has 0 saturated heterocycles. The quantitative estimate of drug-likeness (QED) is 0.343. The predicted octanol–water partition coefficient (Wildman–Crippen LogP) is 0.739. The topological polar surface area (TPSA) is 49.9 Å². The minimum absolute atomic E-state index is 0. The first-order valence-electron chi connectivity index (χ1n) is 1.16. The van der Waals surface area contributed by atoms with Crippen molar-refractivity contribution in [2.45, 2.75) is 0 Å². The van der Waals surface area contributed by atoms with Gasteiger partial charge in [-0.25, -0.2) is 0 Å². The van der Waals surface area contributed by atoms with E-state index in [1.165, 1.54) is 0 Å². The lowest BCUT2D eigenvalue weighted by molar-refractivity contribution is 1.43. The van der Waals surface area contributed by atoms with Gasteiger partial charge in [0.2, 0.25) is 0 Å². The number of nitrogens with two attached hydrogens (primary N) is 1. The molecule has 6 heavy (non-hydrogen) atoms. The highest BCUT2D eigenvalue weighted by Crippen LogP contribution is 1.71. The molecule has 0 bridgehead atoms. The molecule has 0 radical (unpaired) electrons. The van der Waals surface area contributed by atoms with Crippen LogP contribution in [0.3, 0.4) is 0 Å². The van der Waals surface area contributed by atoms with Gasteiger partial charge in [-0.1, -0.05) is 15.9 Å². The van der Waals surface area contributed by atoms with Crippen molar-refractivity contribution in [3.63, 3.8) is 0 Å². The van der Waals surface area contributed by atoms with Crippen molar-refractivity contribution in [1.82, 2.24) is 0 Å². The lowest BCUT2D eigenvalue weighted by Crippen LogP contribution is -2.09. The number of rotatable bonds is 1. The van der Waals surface area contributed by atoms with E-state index in [9.17, 15) is 0 Å². The Hall–Kier alpha value is 0.240. The van der Waals surface area contributed by atoms with E-state index in [-0.39, 0.29) is 18.2 Å². The van der Waals surface area contributed by atoms with Gasteiger partial charge in [0.05, 0.1) is 5.33 Å². The molecule has 0 unspecified atom stereocenters. The standard InChI is InChI=1S/C2H5BrN2.ClH/c3-1-2(4)5;/h1H2,(H3,4,5);1H. The minimum atomic E-state index is 0. The molecule has 0 aromatic carbocycles. The molecule has 0 amide bonds. The molecule has 3 N–H and O–H groups in total. The Morgan fingerprint density at radius 2 is 2.00 bits per heavy atom. The molecular formula is C2H6BrClN2. The van der Waals surface area contributed by atoms with Crippen molar-refractivity contribution in [3.05, 3.63) is 0 Å². The second-order valence-electron chi connectivity index (χ2n) is 0.659. The summed E-state index contributed by atoms with van der Waals surface area (Å²) in [5.74, 6) is 0.171. The maximum absolute atomic E-state index is 6.47. The monoisotopic (exact) mass is 172 g/mol. The highest BCUT2D eigenvalue weighted by molar-refractivity contribution is 9.09. The van der Waals surface area contributed by atoms with Crippen LogP contribution in [0.15, 0.2) is 0 Å². The zero-order valence-corrected chi connectivity index (χ0v) is 5.47. The fourth-order valence-electron chi connectivity index (χ4n) is 0. The van der Waals surface area contributed by atoms with Gasteiger partial charge in [-0.05, 0) is 0 Å².